The molecule has 2 aromatic carbocycles. The van der Waals surface area contributed by atoms with Crippen molar-refractivity contribution in [1.29, 1.82) is 0 Å². The Labute approximate surface area is 208 Å². The molecule has 1 aliphatic heterocycles. The maximum atomic E-state index is 4.80. The highest BCUT2D eigenvalue weighted by molar-refractivity contribution is 5.94. The molecule has 2 fully saturated rings. The van der Waals surface area contributed by atoms with Crippen LogP contribution in [0.4, 0.5) is 0 Å². The fourth-order valence-electron chi connectivity index (χ4n) is 6.66. The number of aromatic nitrogens is 6. The molecule has 2 N–H and O–H groups in total. The van der Waals surface area contributed by atoms with E-state index >= 15 is 0 Å². The molecular formula is C29H27N7. The number of rotatable bonds is 3. The Hall–Kier alpha value is -3.97. The van der Waals surface area contributed by atoms with E-state index in [9.17, 15) is 0 Å². The lowest BCUT2D eigenvalue weighted by Gasteiger charge is -2.24. The maximum Gasteiger partial charge on any atom is 0.158 e. The summed E-state index contributed by atoms with van der Waals surface area (Å²) in [6.45, 7) is 5.39. The first kappa shape index (κ1) is 20.2. The zero-order chi connectivity index (χ0) is 24.0. The molecule has 7 heteroatoms. The van der Waals surface area contributed by atoms with Crippen molar-refractivity contribution in [2.24, 2.45) is 5.92 Å². The molecule has 36 heavy (non-hydrogen) atoms. The van der Waals surface area contributed by atoms with Gasteiger partial charge in [0.1, 0.15) is 6.33 Å². The summed E-state index contributed by atoms with van der Waals surface area (Å²) in [7, 11) is 0. The van der Waals surface area contributed by atoms with Crippen LogP contribution in [0.2, 0.25) is 0 Å². The van der Waals surface area contributed by atoms with Crippen molar-refractivity contribution < 1.29 is 0 Å². The molecule has 0 radical (unpaired) electrons. The van der Waals surface area contributed by atoms with E-state index in [4.69, 9.17) is 4.98 Å². The number of hydrogen-bond acceptors (Lipinski definition) is 4. The Morgan fingerprint density at radius 2 is 1.83 bits per heavy atom. The van der Waals surface area contributed by atoms with Crippen molar-refractivity contribution in [3.8, 4) is 22.4 Å². The second-order valence-electron chi connectivity index (χ2n) is 10.6. The molecule has 3 atom stereocenters. The van der Waals surface area contributed by atoms with E-state index in [0.29, 0.717) is 12.1 Å². The molecule has 5 heterocycles. The highest BCUT2D eigenvalue weighted by atomic mass is 15.3. The van der Waals surface area contributed by atoms with Gasteiger partial charge in [-0.3, -0.25) is 0 Å². The van der Waals surface area contributed by atoms with E-state index in [1.807, 2.05) is 10.7 Å². The number of imidazole rings is 1. The van der Waals surface area contributed by atoms with Gasteiger partial charge in [-0.05, 0) is 79.1 Å². The van der Waals surface area contributed by atoms with Gasteiger partial charge in [-0.15, -0.1) is 0 Å². The number of nitrogens with one attached hydrogen (secondary N) is 2. The average molecular weight is 474 g/mol. The fourth-order valence-corrected chi connectivity index (χ4v) is 6.66. The third-order valence-corrected chi connectivity index (χ3v) is 8.50. The minimum Gasteiger partial charge on any atom is -0.354 e. The summed E-state index contributed by atoms with van der Waals surface area (Å²) in [6.07, 6.45) is 8.21. The summed E-state index contributed by atoms with van der Waals surface area (Å²) in [4.78, 5) is 12.8. The number of H-pyrrole nitrogens is 1. The quantitative estimate of drug-likeness (QED) is 0.359. The average Bonchev–Trinajstić information content (AvgIpc) is 3.71. The molecule has 3 unspecified atom stereocenters. The molecule has 1 saturated heterocycles. The van der Waals surface area contributed by atoms with Gasteiger partial charge in [0.05, 0.1) is 23.1 Å². The lowest BCUT2D eigenvalue weighted by Crippen LogP contribution is -2.30. The summed E-state index contributed by atoms with van der Waals surface area (Å²) in [6, 6.07) is 16.9. The van der Waals surface area contributed by atoms with E-state index in [1.54, 1.807) is 6.33 Å². The first-order valence-corrected chi connectivity index (χ1v) is 12.8. The van der Waals surface area contributed by atoms with E-state index in [2.05, 4.69) is 87.6 Å². The van der Waals surface area contributed by atoms with Crippen LogP contribution in [0.1, 0.15) is 30.0 Å². The third kappa shape index (κ3) is 2.86. The van der Waals surface area contributed by atoms with Crippen molar-refractivity contribution >= 4 is 27.6 Å². The summed E-state index contributed by atoms with van der Waals surface area (Å²) in [5, 5.41) is 9.21. The Morgan fingerprint density at radius 1 is 0.944 bits per heavy atom. The number of piperidine rings is 1. The number of nitrogens with zero attached hydrogens (tertiary/aromatic N) is 5. The van der Waals surface area contributed by atoms with E-state index in [1.165, 1.54) is 40.4 Å². The van der Waals surface area contributed by atoms with Crippen LogP contribution < -0.4 is 5.32 Å². The van der Waals surface area contributed by atoms with Gasteiger partial charge < -0.3 is 14.9 Å². The van der Waals surface area contributed by atoms with Crippen LogP contribution in [-0.4, -0.2) is 41.7 Å². The Morgan fingerprint density at radius 3 is 2.69 bits per heavy atom. The zero-order valence-corrected chi connectivity index (χ0v) is 20.4. The first-order valence-electron chi connectivity index (χ1n) is 12.8. The monoisotopic (exact) mass is 473 g/mol. The largest absolute Gasteiger partial charge is 0.354 e. The molecule has 178 valence electrons. The SMILES string of the molecule is Cc1c(-c2cc(C)c3ncnn3c2)[nH]c2cc(-c3ccc4c(c3)ncn4C3CC4CC3CN4)ccc12. The lowest BCUT2D eigenvalue weighted by molar-refractivity contribution is 0.352. The van der Waals surface area contributed by atoms with Gasteiger partial charge in [-0.1, -0.05) is 18.2 Å². The second-order valence-corrected chi connectivity index (χ2v) is 10.6. The van der Waals surface area contributed by atoms with Crippen LogP contribution in [-0.2, 0) is 0 Å². The Kier molecular flexibility index (Phi) is 4.09. The molecule has 8 rings (SSSR count). The standard InChI is InChI=1S/C29H27N7/c1-16-7-21(13-36-29(16)31-14-33-36)28-17(2)23-5-3-18(9-24(23)34-28)19-4-6-26-25(10-19)32-15-35(26)27-11-22-8-20(27)12-30-22/h3-7,9-10,13-15,20,22,27,30,34H,8,11-12H2,1-2H3. The molecule has 4 aromatic heterocycles. The predicted octanol–water partition coefficient (Wildman–Crippen LogP) is 5.43. The van der Waals surface area contributed by atoms with Crippen LogP contribution >= 0.6 is 0 Å². The normalized spacial score (nSPS) is 21.4. The maximum absolute atomic E-state index is 4.80. The van der Waals surface area contributed by atoms with Crippen LogP contribution in [0.25, 0.3) is 50.0 Å². The molecule has 0 spiro atoms. The molecule has 2 aliphatic rings. The molecule has 6 aromatic rings. The lowest BCUT2D eigenvalue weighted by atomic mass is 10.0. The summed E-state index contributed by atoms with van der Waals surface area (Å²) >= 11 is 0. The smallest absolute Gasteiger partial charge is 0.158 e. The second kappa shape index (κ2) is 7.27. The number of hydrogen-bond donors (Lipinski definition) is 2. The number of benzene rings is 2. The van der Waals surface area contributed by atoms with Crippen LogP contribution in [0, 0.1) is 19.8 Å². The summed E-state index contributed by atoms with van der Waals surface area (Å²) < 4.78 is 4.27. The van der Waals surface area contributed by atoms with Gasteiger partial charge in [0.15, 0.2) is 5.65 Å². The highest BCUT2D eigenvalue weighted by Crippen LogP contribution is 2.41. The topological polar surface area (TPSA) is 75.8 Å². The Balaban J connectivity index is 1.18. The van der Waals surface area contributed by atoms with E-state index < -0.39 is 0 Å². The Bertz CT molecular complexity index is 1800. The third-order valence-electron chi connectivity index (χ3n) is 8.50. The number of aryl methyl sites for hydroxylation is 2. The van der Waals surface area contributed by atoms with Gasteiger partial charge in [0.25, 0.3) is 0 Å². The van der Waals surface area contributed by atoms with Crippen LogP contribution in [0.15, 0.2) is 61.3 Å². The summed E-state index contributed by atoms with van der Waals surface area (Å²) in [5.74, 6) is 0.730. The van der Waals surface area contributed by atoms with Crippen LogP contribution in [0.3, 0.4) is 0 Å². The highest BCUT2D eigenvalue weighted by Gasteiger charge is 2.40. The number of pyridine rings is 1. The minimum atomic E-state index is 0.573. The van der Waals surface area contributed by atoms with Crippen molar-refractivity contribution in [2.75, 3.05) is 6.54 Å². The van der Waals surface area contributed by atoms with Crippen molar-refractivity contribution in [3.05, 3.63) is 72.4 Å². The fraction of sp³-hybridized carbons (Fsp3) is 0.276. The predicted molar refractivity (Wildman–Crippen MR) is 142 cm³/mol. The molecule has 2 bridgehead atoms. The molecule has 0 amide bonds. The van der Waals surface area contributed by atoms with Crippen LogP contribution in [0.5, 0.6) is 0 Å². The number of aromatic amines is 1. The minimum absolute atomic E-state index is 0.573. The van der Waals surface area contributed by atoms with E-state index in [0.717, 1.165) is 46.0 Å². The molecular weight excluding hydrogens is 446 g/mol. The summed E-state index contributed by atoms with van der Waals surface area (Å²) in [5.41, 5.74) is 11.3. The molecule has 1 aliphatic carbocycles. The molecule has 1 saturated carbocycles. The van der Waals surface area contributed by atoms with Gasteiger partial charge in [-0.25, -0.2) is 14.5 Å². The number of fused-ring (bicyclic) bond motifs is 5. The first-order chi connectivity index (χ1) is 17.6. The van der Waals surface area contributed by atoms with Gasteiger partial charge in [-0.2, -0.15) is 5.10 Å². The zero-order valence-electron chi connectivity index (χ0n) is 20.4. The van der Waals surface area contributed by atoms with Crippen molar-refractivity contribution in [2.45, 2.75) is 38.8 Å². The van der Waals surface area contributed by atoms with Gasteiger partial charge in [0, 0.05) is 41.3 Å². The van der Waals surface area contributed by atoms with E-state index in [-0.39, 0.29) is 0 Å². The van der Waals surface area contributed by atoms with Gasteiger partial charge in [0.2, 0.25) is 0 Å². The van der Waals surface area contributed by atoms with Crippen molar-refractivity contribution in [3.63, 3.8) is 0 Å². The van der Waals surface area contributed by atoms with Gasteiger partial charge >= 0.3 is 0 Å². The van der Waals surface area contributed by atoms with Crippen molar-refractivity contribution in [1.82, 2.24) is 34.4 Å². The molecule has 7 nitrogen and oxygen atoms in total.